The van der Waals surface area contributed by atoms with Crippen molar-refractivity contribution in [3.05, 3.63) is 58.7 Å². The van der Waals surface area contributed by atoms with Crippen molar-refractivity contribution < 1.29 is 0 Å². The van der Waals surface area contributed by atoms with Crippen LogP contribution in [0.15, 0.2) is 47.6 Å². The van der Waals surface area contributed by atoms with E-state index in [2.05, 4.69) is 71.0 Å². The molecule has 0 saturated heterocycles. The minimum atomic E-state index is 0.650. The summed E-state index contributed by atoms with van der Waals surface area (Å²) >= 11 is 0. The lowest BCUT2D eigenvalue weighted by Gasteiger charge is -2.11. The van der Waals surface area contributed by atoms with Crippen LogP contribution in [0.3, 0.4) is 0 Å². The summed E-state index contributed by atoms with van der Waals surface area (Å²) in [4.78, 5) is 0. The van der Waals surface area contributed by atoms with Crippen molar-refractivity contribution in [3.63, 3.8) is 0 Å². The average Bonchev–Trinajstić information content (AvgIpc) is 2.39. The Labute approximate surface area is 125 Å². The Hall–Kier alpha value is -1.30. The summed E-state index contributed by atoms with van der Waals surface area (Å²) in [5.41, 5.74) is 5.76. The molecular formula is C20H30. The van der Waals surface area contributed by atoms with Gasteiger partial charge in [-0.3, -0.25) is 0 Å². The monoisotopic (exact) mass is 270 g/mol. The molecule has 0 bridgehead atoms. The topological polar surface area (TPSA) is 0 Å². The van der Waals surface area contributed by atoms with Crippen molar-refractivity contribution in [2.24, 2.45) is 0 Å². The lowest BCUT2D eigenvalue weighted by atomic mass is 9.95. The number of rotatable bonds is 7. The van der Waals surface area contributed by atoms with Gasteiger partial charge in [-0.05, 0) is 64.9 Å². The number of aryl methyl sites for hydroxylation is 1. The van der Waals surface area contributed by atoms with Gasteiger partial charge in [-0.15, -0.1) is 0 Å². The largest absolute Gasteiger partial charge is 0.0856 e. The molecule has 0 spiro atoms. The zero-order valence-corrected chi connectivity index (χ0v) is 13.9. The molecule has 1 atom stereocenters. The molecule has 0 N–H and O–H groups in total. The third-order valence-electron chi connectivity index (χ3n) is 3.83. The van der Waals surface area contributed by atoms with Crippen molar-refractivity contribution >= 4 is 0 Å². The second-order valence-corrected chi connectivity index (χ2v) is 6.26. The third-order valence-corrected chi connectivity index (χ3v) is 3.83. The van der Waals surface area contributed by atoms with Gasteiger partial charge in [0.15, 0.2) is 0 Å². The van der Waals surface area contributed by atoms with Crippen molar-refractivity contribution in [2.75, 3.05) is 0 Å². The van der Waals surface area contributed by atoms with Gasteiger partial charge >= 0.3 is 0 Å². The van der Waals surface area contributed by atoms with Gasteiger partial charge in [0.25, 0.3) is 0 Å². The predicted molar refractivity (Wildman–Crippen MR) is 91.3 cm³/mol. The number of hydrogen-bond donors (Lipinski definition) is 0. The normalized spacial score (nSPS) is 13.2. The molecule has 0 fully saturated rings. The molecule has 1 unspecified atom stereocenters. The fourth-order valence-corrected chi connectivity index (χ4v) is 2.33. The van der Waals surface area contributed by atoms with Crippen LogP contribution in [-0.4, -0.2) is 0 Å². The Bertz CT molecular complexity index is 441. The zero-order chi connectivity index (χ0) is 15.0. The van der Waals surface area contributed by atoms with Crippen molar-refractivity contribution in [3.8, 4) is 0 Å². The molecule has 0 aliphatic carbocycles. The fourth-order valence-electron chi connectivity index (χ4n) is 2.33. The average molecular weight is 270 g/mol. The predicted octanol–water partition coefficient (Wildman–Crippen LogP) is 6.57. The maximum absolute atomic E-state index is 2.42. The van der Waals surface area contributed by atoms with Crippen LogP contribution >= 0.6 is 0 Å². The van der Waals surface area contributed by atoms with Crippen LogP contribution in [0, 0.1) is 6.92 Å². The lowest BCUT2D eigenvalue weighted by molar-refractivity contribution is 0.687. The quantitative estimate of drug-likeness (QED) is 0.491. The minimum Gasteiger partial charge on any atom is -0.0856 e. The zero-order valence-electron chi connectivity index (χ0n) is 13.9. The highest BCUT2D eigenvalue weighted by Gasteiger charge is 2.03. The Morgan fingerprint density at radius 3 is 2.25 bits per heavy atom. The molecule has 0 aliphatic rings. The van der Waals surface area contributed by atoms with E-state index in [9.17, 15) is 0 Å². The van der Waals surface area contributed by atoms with E-state index in [1.165, 1.54) is 48.0 Å². The Kier molecular flexibility index (Phi) is 7.36. The molecule has 0 amide bonds. The van der Waals surface area contributed by atoms with Gasteiger partial charge in [0.2, 0.25) is 0 Å². The molecule has 1 aromatic rings. The van der Waals surface area contributed by atoms with E-state index in [-0.39, 0.29) is 0 Å². The number of allylic oxidation sites excluding steroid dienone is 4. The molecule has 0 heteroatoms. The molecule has 1 rings (SSSR count). The van der Waals surface area contributed by atoms with E-state index in [0.29, 0.717) is 5.92 Å². The Morgan fingerprint density at radius 2 is 1.65 bits per heavy atom. The Morgan fingerprint density at radius 1 is 1.00 bits per heavy atom. The molecule has 1 aromatic carbocycles. The highest BCUT2D eigenvalue weighted by Crippen LogP contribution is 2.21. The maximum Gasteiger partial charge on any atom is -0.0187 e. The van der Waals surface area contributed by atoms with E-state index in [0.717, 1.165) is 0 Å². The van der Waals surface area contributed by atoms with E-state index in [1.807, 2.05) is 0 Å². The second-order valence-electron chi connectivity index (χ2n) is 6.26. The first kappa shape index (κ1) is 16.8. The first-order valence-corrected chi connectivity index (χ1v) is 7.84. The molecule has 0 nitrogen and oxygen atoms in total. The second kappa shape index (κ2) is 8.79. The summed E-state index contributed by atoms with van der Waals surface area (Å²) in [5.74, 6) is 0.650. The standard InChI is InChI=1S/C20H30/c1-16(2)8-6-9-17(3)10-7-11-19(5)20-14-12-18(4)13-15-20/h8,10,12-15,19H,6-7,9,11H2,1-5H3. The lowest BCUT2D eigenvalue weighted by Crippen LogP contribution is -1.93. The van der Waals surface area contributed by atoms with Crippen LogP contribution in [0.2, 0.25) is 0 Å². The summed E-state index contributed by atoms with van der Waals surface area (Å²) in [5, 5.41) is 0. The van der Waals surface area contributed by atoms with Crippen LogP contribution in [0.4, 0.5) is 0 Å². The molecule has 0 heterocycles. The fraction of sp³-hybridized carbons (Fsp3) is 0.500. The summed E-state index contributed by atoms with van der Waals surface area (Å²) in [6, 6.07) is 8.97. The van der Waals surface area contributed by atoms with Gasteiger partial charge in [-0.25, -0.2) is 0 Å². The molecule has 20 heavy (non-hydrogen) atoms. The molecule has 0 radical (unpaired) electrons. The van der Waals surface area contributed by atoms with Gasteiger partial charge < -0.3 is 0 Å². The van der Waals surface area contributed by atoms with E-state index >= 15 is 0 Å². The summed E-state index contributed by atoms with van der Waals surface area (Å²) < 4.78 is 0. The van der Waals surface area contributed by atoms with Crippen LogP contribution in [0.1, 0.15) is 70.4 Å². The SMILES string of the molecule is CC(C)=CCCC(C)=CCCC(C)c1ccc(C)cc1. The van der Waals surface area contributed by atoms with E-state index < -0.39 is 0 Å². The van der Waals surface area contributed by atoms with Gasteiger partial charge in [-0.1, -0.05) is 60.1 Å². The summed E-state index contributed by atoms with van der Waals surface area (Å²) in [7, 11) is 0. The van der Waals surface area contributed by atoms with Gasteiger partial charge in [0, 0.05) is 0 Å². The first-order valence-electron chi connectivity index (χ1n) is 7.84. The maximum atomic E-state index is 2.42. The van der Waals surface area contributed by atoms with Crippen LogP contribution in [-0.2, 0) is 0 Å². The van der Waals surface area contributed by atoms with Crippen LogP contribution in [0.5, 0.6) is 0 Å². The molecule has 0 aliphatic heterocycles. The van der Waals surface area contributed by atoms with Gasteiger partial charge in [0.1, 0.15) is 0 Å². The highest BCUT2D eigenvalue weighted by atomic mass is 14.1. The molecule has 0 aromatic heterocycles. The van der Waals surface area contributed by atoms with Crippen LogP contribution in [0.25, 0.3) is 0 Å². The van der Waals surface area contributed by atoms with Crippen molar-refractivity contribution in [1.82, 2.24) is 0 Å². The first-order chi connectivity index (χ1) is 9.49. The highest BCUT2D eigenvalue weighted by molar-refractivity contribution is 5.24. The van der Waals surface area contributed by atoms with E-state index in [1.54, 1.807) is 0 Å². The minimum absolute atomic E-state index is 0.650. The van der Waals surface area contributed by atoms with E-state index in [4.69, 9.17) is 0 Å². The van der Waals surface area contributed by atoms with Crippen molar-refractivity contribution in [1.29, 1.82) is 0 Å². The van der Waals surface area contributed by atoms with Crippen LogP contribution < -0.4 is 0 Å². The van der Waals surface area contributed by atoms with Gasteiger partial charge in [0.05, 0.1) is 0 Å². The molecule has 0 saturated carbocycles. The van der Waals surface area contributed by atoms with Crippen molar-refractivity contribution in [2.45, 2.75) is 66.2 Å². The smallest absolute Gasteiger partial charge is 0.0187 e. The molecular weight excluding hydrogens is 240 g/mol. The number of benzene rings is 1. The Balaban J connectivity index is 2.35. The summed E-state index contributed by atoms with van der Waals surface area (Å²) in [6.07, 6.45) is 9.55. The molecule has 110 valence electrons. The summed E-state index contributed by atoms with van der Waals surface area (Å²) in [6.45, 7) is 11.1. The van der Waals surface area contributed by atoms with Gasteiger partial charge in [-0.2, -0.15) is 0 Å². The third kappa shape index (κ3) is 6.75. The number of hydrogen-bond acceptors (Lipinski definition) is 0.